The van der Waals surface area contributed by atoms with E-state index in [0.717, 1.165) is 37.3 Å². The Bertz CT molecular complexity index is 1090. The van der Waals surface area contributed by atoms with Crippen LogP contribution in [0.2, 0.25) is 5.15 Å². The lowest BCUT2D eigenvalue weighted by Gasteiger charge is -2.35. The maximum absolute atomic E-state index is 13.9. The van der Waals surface area contributed by atoms with E-state index in [1.165, 1.54) is 36.2 Å². The lowest BCUT2D eigenvalue weighted by Crippen LogP contribution is -2.61. The standard InChI is InChI=1S/C26H33ClF3N5O2/c1-33(2)23(36)20-11-12-21(32-22(20)27)35-16-13-18(14-17-35)8-7-15-34(3)24(37)25(31,26(28,29)30)19-9-5-4-6-10-19/h4-6,9-12,18H,7-8,13-17,31H2,1-3H3. The average molecular weight is 540 g/mol. The number of hydrogen-bond acceptors (Lipinski definition) is 5. The van der Waals surface area contributed by atoms with Gasteiger partial charge in [0.25, 0.3) is 11.8 Å². The number of halogens is 4. The first-order chi connectivity index (χ1) is 17.4. The first-order valence-electron chi connectivity index (χ1n) is 12.2. The van der Waals surface area contributed by atoms with E-state index < -0.39 is 17.6 Å². The van der Waals surface area contributed by atoms with Gasteiger partial charge >= 0.3 is 6.18 Å². The number of piperidine rings is 1. The van der Waals surface area contributed by atoms with Crippen LogP contribution >= 0.6 is 11.6 Å². The molecule has 2 N–H and O–H groups in total. The molecular weight excluding hydrogens is 507 g/mol. The highest BCUT2D eigenvalue weighted by molar-refractivity contribution is 6.32. The zero-order chi connectivity index (χ0) is 27.4. The van der Waals surface area contributed by atoms with Crippen molar-refractivity contribution in [1.29, 1.82) is 0 Å². The molecule has 1 aromatic carbocycles. The number of rotatable bonds is 8. The minimum Gasteiger partial charge on any atom is -0.357 e. The Balaban J connectivity index is 1.52. The van der Waals surface area contributed by atoms with Crippen molar-refractivity contribution in [3.63, 3.8) is 0 Å². The third-order valence-corrected chi connectivity index (χ3v) is 7.16. The zero-order valence-electron chi connectivity index (χ0n) is 21.3. The van der Waals surface area contributed by atoms with E-state index in [2.05, 4.69) is 9.88 Å². The van der Waals surface area contributed by atoms with Crippen molar-refractivity contribution in [3.05, 3.63) is 58.7 Å². The molecule has 37 heavy (non-hydrogen) atoms. The number of hydrogen-bond donors (Lipinski definition) is 1. The van der Waals surface area contributed by atoms with Gasteiger partial charge in [-0.2, -0.15) is 13.2 Å². The highest BCUT2D eigenvalue weighted by Crippen LogP contribution is 2.38. The number of carbonyl (C=O) groups excluding carboxylic acids is 2. The summed E-state index contributed by atoms with van der Waals surface area (Å²) in [4.78, 5) is 34.0. The summed E-state index contributed by atoms with van der Waals surface area (Å²) in [6, 6.07) is 10.4. The van der Waals surface area contributed by atoms with Gasteiger partial charge in [-0.05, 0) is 49.3 Å². The van der Waals surface area contributed by atoms with Crippen LogP contribution in [-0.2, 0) is 10.3 Å². The van der Waals surface area contributed by atoms with Crippen LogP contribution in [0.1, 0.15) is 41.6 Å². The summed E-state index contributed by atoms with van der Waals surface area (Å²) in [6.45, 7) is 1.68. The first-order valence-corrected chi connectivity index (χ1v) is 12.5. The summed E-state index contributed by atoms with van der Waals surface area (Å²) < 4.78 is 41.7. The van der Waals surface area contributed by atoms with Gasteiger partial charge in [0.05, 0.1) is 5.56 Å². The number of benzene rings is 1. The maximum Gasteiger partial charge on any atom is 0.419 e. The molecule has 7 nitrogen and oxygen atoms in total. The van der Waals surface area contributed by atoms with Crippen LogP contribution < -0.4 is 10.6 Å². The molecule has 1 atom stereocenters. The number of anilines is 1. The Kier molecular flexibility index (Phi) is 9.07. The molecular formula is C26H33ClF3N5O2. The molecule has 3 rings (SSSR count). The van der Waals surface area contributed by atoms with Crippen LogP contribution in [0.25, 0.3) is 0 Å². The van der Waals surface area contributed by atoms with E-state index in [4.69, 9.17) is 17.3 Å². The molecule has 11 heteroatoms. The van der Waals surface area contributed by atoms with Crippen LogP contribution in [0, 0.1) is 5.92 Å². The molecule has 2 aromatic rings. The lowest BCUT2D eigenvalue weighted by atomic mass is 9.88. The number of alkyl halides is 3. The molecule has 0 spiro atoms. The highest BCUT2D eigenvalue weighted by Gasteiger charge is 2.59. The van der Waals surface area contributed by atoms with Gasteiger partial charge in [-0.25, -0.2) is 4.98 Å². The second kappa shape index (κ2) is 11.7. The number of likely N-dealkylation sites (N-methyl/N-ethyl adjacent to an activating group) is 1. The number of aromatic nitrogens is 1. The van der Waals surface area contributed by atoms with Gasteiger partial charge in [0.2, 0.25) is 5.54 Å². The van der Waals surface area contributed by atoms with E-state index in [-0.39, 0.29) is 23.2 Å². The number of amides is 2. The molecule has 0 bridgehead atoms. The molecule has 202 valence electrons. The van der Waals surface area contributed by atoms with Crippen molar-refractivity contribution in [1.82, 2.24) is 14.8 Å². The van der Waals surface area contributed by atoms with E-state index >= 15 is 0 Å². The fraction of sp³-hybridized carbons (Fsp3) is 0.500. The fourth-order valence-corrected chi connectivity index (χ4v) is 4.81. The molecule has 1 fully saturated rings. The number of nitrogens with two attached hydrogens (primary N) is 1. The number of nitrogens with zero attached hydrogens (tertiary/aromatic N) is 4. The van der Waals surface area contributed by atoms with Crippen molar-refractivity contribution >= 4 is 29.2 Å². The third-order valence-electron chi connectivity index (χ3n) is 6.88. The molecule has 1 aliphatic rings. The smallest absolute Gasteiger partial charge is 0.357 e. The second-order valence-electron chi connectivity index (χ2n) is 9.68. The van der Waals surface area contributed by atoms with Gasteiger partial charge in [0, 0.05) is 40.8 Å². The van der Waals surface area contributed by atoms with Crippen LogP contribution in [-0.4, -0.2) is 73.6 Å². The Hall–Kier alpha value is -2.85. The largest absolute Gasteiger partial charge is 0.419 e. The summed E-state index contributed by atoms with van der Waals surface area (Å²) in [7, 11) is 4.66. The summed E-state index contributed by atoms with van der Waals surface area (Å²) in [5.74, 6) is -0.294. The van der Waals surface area contributed by atoms with Crippen LogP contribution in [0.4, 0.5) is 19.0 Å². The highest BCUT2D eigenvalue weighted by atomic mass is 35.5. The summed E-state index contributed by atoms with van der Waals surface area (Å²) in [5, 5.41) is 0.163. The fourth-order valence-electron chi connectivity index (χ4n) is 4.58. The molecule has 2 amide bonds. The molecule has 0 saturated carbocycles. The number of pyridine rings is 1. The van der Waals surface area contributed by atoms with Crippen LogP contribution in [0.5, 0.6) is 0 Å². The van der Waals surface area contributed by atoms with E-state index in [1.807, 2.05) is 0 Å². The Morgan fingerprint density at radius 2 is 1.70 bits per heavy atom. The van der Waals surface area contributed by atoms with Gasteiger partial charge in [-0.1, -0.05) is 41.9 Å². The van der Waals surface area contributed by atoms with E-state index in [0.29, 0.717) is 23.7 Å². The van der Waals surface area contributed by atoms with Crippen molar-refractivity contribution in [2.75, 3.05) is 45.7 Å². The zero-order valence-corrected chi connectivity index (χ0v) is 22.0. The number of carbonyl (C=O) groups is 2. The minimum absolute atomic E-state index is 0.163. The van der Waals surface area contributed by atoms with Gasteiger partial charge in [-0.15, -0.1) is 0 Å². The third kappa shape index (κ3) is 6.35. The second-order valence-corrected chi connectivity index (χ2v) is 10.0. The molecule has 0 aliphatic carbocycles. The van der Waals surface area contributed by atoms with Gasteiger partial charge < -0.3 is 20.4 Å². The SMILES string of the molecule is CN(C)C(=O)c1ccc(N2CCC(CCCN(C)C(=O)C(N)(c3ccccc3)C(F)(F)F)CC2)nc1Cl. The Morgan fingerprint density at radius 1 is 1.08 bits per heavy atom. The predicted octanol–water partition coefficient (Wildman–Crippen LogP) is 4.31. The average Bonchev–Trinajstić information content (AvgIpc) is 2.87. The van der Waals surface area contributed by atoms with Crippen molar-refractivity contribution in [3.8, 4) is 0 Å². The maximum atomic E-state index is 13.9. The monoisotopic (exact) mass is 539 g/mol. The normalized spacial score (nSPS) is 16.3. The van der Waals surface area contributed by atoms with Crippen molar-refractivity contribution < 1.29 is 22.8 Å². The van der Waals surface area contributed by atoms with Gasteiger partial charge in [0.1, 0.15) is 11.0 Å². The first kappa shape index (κ1) is 28.7. The summed E-state index contributed by atoms with van der Waals surface area (Å²) in [5.41, 5.74) is 2.70. The quantitative estimate of drug-likeness (QED) is 0.506. The minimum atomic E-state index is -4.93. The van der Waals surface area contributed by atoms with Crippen molar-refractivity contribution in [2.24, 2.45) is 11.7 Å². The van der Waals surface area contributed by atoms with E-state index in [9.17, 15) is 22.8 Å². The molecule has 1 saturated heterocycles. The molecule has 0 radical (unpaired) electrons. The summed E-state index contributed by atoms with van der Waals surface area (Å²) >= 11 is 6.24. The van der Waals surface area contributed by atoms with Crippen LogP contribution in [0.15, 0.2) is 42.5 Å². The molecule has 2 heterocycles. The Labute approximate surface area is 220 Å². The van der Waals surface area contributed by atoms with Gasteiger partial charge in [-0.3, -0.25) is 9.59 Å². The predicted molar refractivity (Wildman–Crippen MR) is 137 cm³/mol. The topological polar surface area (TPSA) is 82.8 Å². The molecule has 1 aliphatic heterocycles. The molecule has 1 unspecified atom stereocenters. The lowest BCUT2D eigenvalue weighted by molar-refractivity contribution is -0.200. The Morgan fingerprint density at radius 3 is 2.24 bits per heavy atom. The molecule has 1 aromatic heterocycles. The van der Waals surface area contributed by atoms with Gasteiger partial charge in [0.15, 0.2) is 0 Å². The van der Waals surface area contributed by atoms with Crippen molar-refractivity contribution in [2.45, 2.75) is 37.4 Å². The summed E-state index contributed by atoms with van der Waals surface area (Å²) in [6.07, 6.45) is -1.82. The van der Waals surface area contributed by atoms with Crippen LogP contribution in [0.3, 0.4) is 0 Å². The van der Waals surface area contributed by atoms with E-state index in [1.54, 1.807) is 32.3 Å².